The molecule has 1 aliphatic rings. The maximum Gasteiger partial charge on any atom is 0.345 e. The number of carbonyl (C=O) groups is 1. The molecule has 0 spiro atoms. The molecular formula is C20H21N3O4. The number of likely N-dealkylation sites (N-methyl/N-ethyl adjacent to an activating group) is 1. The Hall–Kier alpha value is -3.06. The Kier molecular flexibility index (Phi) is 3.85. The van der Waals surface area contributed by atoms with Gasteiger partial charge < -0.3 is 24.7 Å². The van der Waals surface area contributed by atoms with E-state index in [0.717, 1.165) is 29.4 Å². The number of aromatic carboxylic acids is 1. The van der Waals surface area contributed by atoms with Crippen LogP contribution in [0.5, 0.6) is 5.75 Å². The summed E-state index contributed by atoms with van der Waals surface area (Å²) in [5.74, 6) is -1.94. The second kappa shape index (κ2) is 5.99. The molecule has 0 aliphatic carbocycles. The minimum absolute atomic E-state index is 0.339. The van der Waals surface area contributed by atoms with Crippen molar-refractivity contribution in [1.82, 2.24) is 14.5 Å². The van der Waals surface area contributed by atoms with Crippen LogP contribution in [0.25, 0.3) is 22.2 Å². The molecule has 4 rings (SSSR count). The van der Waals surface area contributed by atoms with Gasteiger partial charge in [-0.3, -0.25) is 4.79 Å². The first-order valence-electron chi connectivity index (χ1n) is 8.76. The molecule has 140 valence electrons. The van der Waals surface area contributed by atoms with Crippen LogP contribution < -0.4 is 5.56 Å². The number of carboxylic acids is 1. The highest BCUT2D eigenvalue weighted by Gasteiger charge is 2.25. The summed E-state index contributed by atoms with van der Waals surface area (Å²) in [5, 5.41) is 20.5. The third-order valence-electron chi connectivity index (χ3n) is 5.49. The topological polar surface area (TPSA) is 98.6 Å². The van der Waals surface area contributed by atoms with E-state index in [1.54, 1.807) is 6.92 Å². The maximum absolute atomic E-state index is 12.1. The van der Waals surface area contributed by atoms with Gasteiger partial charge in [0.15, 0.2) is 5.56 Å². The summed E-state index contributed by atoms with van der Waals surface area (Å²) < 4.78 is 2.28. The van der Waals surface area contributed by atoms with Crippen LogP contribution in [0.3, 0.4) is 0 Å². The van der Waals surface area contributed by atoms with Crippen molar-refractivity contribution in [2.75, 3.05) is 14.1 Å². The van der Waals surface area contributed by atoms with Crippen LogP contribution in [0.4, 0.5) is 0 Å². The third kappa shape index (κ3) is 2.62. The SMILES string of the molecule is Cc1c(-c2ccc3cc4n(c3c2)CC(N(C)C)C4)[nH]c(=O)c(C(=O)O)c1O. The van der Waals surface area contributed by atoms with Crippen LogP contribution >= 0.6 is 0 Å². The summed E-state index contributed by atoms with van der Waals surface area (Å²) in [6.07, 6.45) is 0.987. The first-order valence-corrected chi connectivity index (χ1v) is 8.76. The Morgan fingerprint density at radius 3 is 2.70 bits per heavy atom. The van der Waals surface area contributed by atoms with Crippen LogP contribution in [0.2, 0.25) is 0 Å². The standard InChI is InChI=1S/C20H21N3O4/c1-10-17(21-19(25)16(18(10)24)20(26)27)12-5-4-11-6-13-8-14(22(2)3)9-23(13)15(11)7-12/h4-7,14H,8-9H2,1-3H3,(H,26,27)(H2,21,24,25). The van der Waals surface area contributed by atoms with Gasteiger partial charge in [-0.05, 0) is 38.5 Å². The molecule has 27 heavy (non-hydrogen) atoms. The molecule has 1 aromatic carbocycles. The Balaban J connectivity index is 1.86. The summed E-state index contributed by atoms with van der Waals surface area (Å²) in [4.78, 5) is 28.2. The van der Waals surface area contributed by atoms with Gasteiger partial charge in [0.25, 0.3) is 5.56 Å². The number of rotatable bonds is 3. The molecule has 0 saturated carbocycles. The normalized spacial score (nSPS) is 16.2. The van der Waals surface area contributed by atoms with Gasteiger partial charge in [-0.15, -0.1) is 0 Å². The lowest BCUT2D eigenvalue weighted by molar-refractivity contribution is 0.0691. The molecule has 0 radical (unpaired) electrons. The number of aromatic nitrogens is 2. The van der Waals surface area contributed by atoms with E-state index in [9.17, 15) is 14.7 Å². The highest BCUT2D eigenvalue weighted by Crippen LogP contribution is 2.33. The van der Waals surface area contributed by atoms with Crippen molar-refractivity contribution >= 4 is 16.9 Å². The summed E-state index contributed by atoms with van der Waals surface area (Å²) in [7, 11) is 4.15. The van der Waals surface area contributed by atoms with Gasteiger partial charge in [0.1, 0.15) is 5.75 Å². The van der Waals surface area contributed by atoms with Crippen LogP contribution in [-0.2, 0) is 13.0 Å². The van der Waals surface area contributed by atoms with E-state index >= 15 is 0 Å². The highest BCUT2D eigenvalue weighted by atomic mass is 16.4. The second-order valence-electron chi connectivity index (χ2n) is 7.32. The van der Waals surface area contributed by atoms with E-state index in [1.165, 1.54) is 5.69 Å². The molecule has 0 fully saturated rings. The Labute approximate surface area is 155 Å². The lowest BCUT2D eigenvalue weighted by atomic mass is 10.0. The number of fused-ring (bicyclic) bond motifs is 3. The number of pyridine rings is 1. The van der Waals surface area contributed by atoms with E-state index in [0.29, 0.717) is 17.3 Å². The van der Waals surface area contributed by atoms with Crippen LogP contribution in [0.1, 0.15) is 21.6 Å². The number of hydrogen-bond donors (Lipinski definition) is 3. The molecule has 1 atom stereocenters. The molecule has 0 bridgehead atoms. The van der Waals surface area contributed by atoms with Crippen molar-refractivity contribution in [3.63, 3.8) is 0 Å². The molecule has 3 N–H and O–H groups in total. The number of aromatic amines is 1. The van der Waals surface area contributed by atoms with Crippen LogP contribution in [0.15, 0.2) is 29.1 Å². The maximum atomic E-state index is 12.1. The minimum atomic E-state index is -1.45. The molecule has 7 nitrogen and oxygen atoms in total. The lowest BCUT2D eigenvalue weighted by Gasteiger charge is -2.18. The van der Waals surface area contributed by atoms with E-state index in [2.05, 4.69) is 34.6 Å². The van der Waals surface area contributed by atoms with Gasteiger partial charge in [-0.1, -0.05) is 12.1 Å². The average Bonchev–Trinajstić information content (AvgIpc) is 3.15. The number of hydrogen-bond acceptors (Lipinski definition) is 4. The molecule has 0 saturated heterocycles. The van der Waals surface area contributed by atoms with Crippen molar-refractivity contribution in [3.8, 4) is 17.0 Å². The smallest absolute Gasteiger partial charge is 0.345 e. The minimum Gasteiger partial charge on any atom is -0.506 e. The number of carboxylic acid groups (broad SMARTS) is 1. The van der Waals surface area contributed by atoms with Crippen molar-refractivity contribution in [3.05, 3.63) is 51.4 Å². The molecule has 0 amide bonds. The van der Waals surface area contributed by atoms with E-state index in [-0.39, 0.29) is 0 Å². The van der Waals surface area contributed by atoms with Gasteiger partial charge in [0.2, 0.25) is 0 Å². The third-order valence-corrected chi connectivity index (χ3v) is 5.49. The molecule has 3 aromatic rings. The fourth-order valence-electron chi connectivity index (χ4n) is 3.88. The van der Waals surface area contributed by atoms with Gasteiger partial charge in [-0.2, -0.15) is 0 Å². The van der Waals surface area contributed by atoms with Crippen LogP contribution in [-0.4, -0.2) is 50.8 Å². The quantitative estimate of drug-likeness (QED) is 0.659. The lowest BCUT2D eigenvalue weighted by Crippen LogP contribution is -2.28. The van der Waals surface area contributed by atoms with Crippen molar-refractivity contribution < 1.29 is 15.0 Å². The zero-order valence-electron chi connectivity index (χ0n) is 15.4. The summed E-state index contributed by atoms with van der Waals surface area (Å²) in [6, 6.07) is 8.48. The largest absolute Gasteiger partial charge is 0.506 e. The number of aromatic hydroxyl groups is 1. The van der Waals surface area contributed by atoms with Gasteiger partial charge in [0.05, 0.1) is 5.69 Å². The van der Waals surface area contributed by atoms with Gasteiger partial charge in [-0.25, -0.2) is 4.79 Å². The molecule has 1 unspecified atom stereocenters. The second-order valence-corrected chi connectivity index (χ2v) is 7.32. The zero-order chi connectivity index (χ0) is 19.5. The molecule has 2 aromatic heterocycles. The Morgan fingerprint density at radius 1 is 1.30 bits per heavy atom. The van der Waals surface area contributed by atoms with Crippen molar-refractivity contribution in [2.45, 2.75) is 25.9 Å². The number of nitrogens with one attached hydrogen (secondary N) is 1. The van der Waals surface area contributed by atoms with E-state index in [1.807, 2.05) is 18.2 Å². The van der Waals surface area contributed by atoms with E-state index in [4.69, 9.17) is 5.11 Å². The first-order chi connectivity index (χ1) is 12.8. The Morgan fingerprint density at radius 2 is 2.04 bits per heavy atom. The molecule has 3 heterocycles. The molecule has 1 aliphatic heterocycles. The summed E-state index contributed by atoms with van der Waals surface area (Å²) >= 11 is 0. The number of benzene rings is 1. The summed E-state index contributed by atoms with van der Waals surface area (Å²) in [6.45, 7) is 2.50. The van der Waals surface area contributed by atoms with Crippen molar-refractivity contribution in [2.24, 2.45) is 0 Å². The molecular weight excluding hydrogens is 346 g/mol. The number of H-pyrrole nitrogens is 1. The van der Waals surface area contributed by atoms with E-state index < -0.39 is 22.8 Å². The fraction of sp³-hybridized carbons (Fsp3) is 0.300. The first kappa shape index (κ1) is 17.4. The predicted octanol–water partition coefficient (Wildman–Crippen LogP) is 2.20. The highest BCUT2D eigenvalue weighted by molar-refractivity contribution is 5.92. The van der Waals surface area contributed by atoms with Crippen molar-refractivity contribution in [1.29, 1.82) is 0 Å². The zero-order valence-corrected chi connectivity index (χ0v) is 15.4. The molecule has 7 heteroatoms. The fourth-order valence-corrected chi connectivity index (χ4v) is 3.88. The van der Waals surface area contributed by atoms with Crippen LogP contribution in [0, 0.1) is 6.92 Å². The van der Waals surface area contributed by atoms with Gasteiger partial charge in [0, 0.05) is 41.3 Å². The summed E-state index contributed by atoms with van der Waals surface area (Å²) in [5.41, 5.74) is 2.40. The Bertz CT molecular complexity index is 1140. The average molecular weight is 367 g/mol. The van der Waals surface area contributed by atoms with Gasteiger partial charge >= 0.3 is 5.97 Å². The predicted molar refractivity (Wildman–Crippen MR) is 103 cm³/mol. The number of nitrogens with zero attached hydrogens (tertiary/aromatic N) is 2. The monoisotopic (exact) mass is 367 g/mol.